The molecule has 0 spiro atoms. The molecule has 0 fully saturated rings. The number of para-hydroxylation sites is 1. The van der Waals surface area contributed by atoms with Crippen LogP contribution in [0.1, 0.15) is 15.9 Å². The Labute approximate surface area is 109 Å². The molecule has 0 unspecified atom stereocenters. The third kappa shape index (κ3) is 1.93. The van der Waals surface area contributed by atoms with Crippen LogP contribution in [0.4, 0.5) is 4.39 Å². The van der Waals surface area contributed by atoms with Crippen LogP contribution >= 0.6 is 0 Å². The number of furan rings is 1. The molecule has 0 saturated carbocycles. The van der Waals surface area contributed by atoms with Crippen molar-refractivity contribution >= 4 is 17.3 Å². The smallest absolute Gasteiger partial charge is 0.170 e. The normalized spacial score (nSPS) is 10.8. The molecule has 0 bridgehead atoms. The van der Waals surface area contributed by atoms with Crippen molar-refractivity contribution in [1.82, 2.24) is 0 Å². The lowest BCUT2D eigenvalue weighted by molar-refractivity contribution is 0.112. The third-order valence-electron chi connectivity index (χ3n) is 3.10. The molecular weight excluding hydrogens is 243 g/mol. The van der Waals surface area contributed by atoms with Crippen LogP contribution in [0.3, 0.4) is 0 Å². The van der Waals surface area contributed by atoms with Crippen LogP contribution in [-0.4, -0.2) is 6.29 Å². The lowest BCUT2D eigenvalue weighted by Crippen LogP contribution is -1.87. The van der Waals surface area contributed by atoms with Crippen LogP contribution in [0.2, 0.25) is 0 Å². The summed E-state index contributed by atoms with van der Waals surface area (Å²) in [5, 5.41) is 0.688. The fourth-order valence-electron chi connectivity index (χ4n) is 2.15. The summed E-state index contributed by atoms with van der Waals surface area (Å²) in [6.45, 7) is 1.93. The number of benzene rings is 2. The summed E-state index contributed by atoms with van der Waals surface area (Å²) < 4.78 is 19.2. The highest BCUT2D eigenvalue weighted by Crippen LogP contribution is 2.31. The number of rotatable bonds is 2. The first-order valence-electron chi connectivity index (χ1n) is 5.93. The number of carbonyl (C=O) groups excluding carboxylic acids is 1. The average molecular weight is 254 g/mol. The number of hydrogen-bond acceptors (Lipinski definition) is 2. The molecule has 2 aromatic carbocycles. The van der Waals surface area contributed by atoms with Gasteiger partial charge < -0.3 is 4.42 Å². The van der Waals surface area contributed by atoms with Crippen molar-refractivity contribution in [2.45, 2.75) is 6.92 Å². The van der Waals surface area contributed by atoms with Crippen LogP contribution in [0.5, 0.6) is 0 Å². The van der Waals surface area contributed by atoms with Crippen LogP contribution in [0.15, 0.2) is 46.9 Å². The molecule has 1 aromatic heterocycles. The van der Waals surface area contributed by atoms with Gasteiger partial charge in [0.2, 0.25) is 0 Å². The molecule has 3 heteroatoms. The lowest BCUT2D eigenvalue weighted by Gasteiger charge is -2.02. The summed E-state index contributed by atoms with van der Waals surface area (Å²) in [6, 6.07) is 12.0. The molecule has 0 radical (unpaired) electrons. The van der Waals surface area contributed by atoms with Crippen molar-refractivity contribution in [2.24, 2.45) is 0 Å². The van der Waals surface area contributed by atoms with Crippen molar-refractivity contribution in [2.75, 3.05) is 0 Å². The quantitative estimate of drug-likeness (QED) is 0.636. The van der Waals surface area contributed by atoms with E-state index in [0.717, 1.165) is 11.8 Å². The zero-order chi connectivity index (χ0) is 13.4. The predicted molar refractivity (Wildman–Crippen MR) is 71.7 cm³/mol. The Hall–Kier alpha value is -2.42. The molecule has 0 aliphatic carbocycles. The molecular formula is C16H11FO2. The number of fused-ring (bicyclic) bond motifs is 1. The molecule has 19 heavy (non-hydrogen) atoms. The first-order chi connectivity index (χ1) is 9.19. The van der Waals surface area contributed by atoms with Gasteiger partial charge in [0.05, 0.1) is 0 Å². The van der Waals surface area contributed by atoms with Crippen LogP contribution < -0.4 is 0 Å². The maximum atomic E-state index is 13.6. The minimum Gasteiger partial charge on any atom is -0.453 e. The van der Waals surface area contributed by atoms with Gasteiger partial charge in [-0.1, -0.05) is 29.8 Å². The SMILES string of the molecule is Cc1ccc(C=O)c(-c2cc3cccc(F)c3o2)c1. The van der Waals surface area contributed by atoms with Gasteiger partial charge in [-0.25, -0.2) is 4.39 Å². The number of hydrogen-bond donors (Lipinski definition) is 0. The minimum atomic E-state index is -0.399. The second-order valence-corrected chi connectivity index (χ2v) is 4.48. The summed E-state index contributed by atoms with van der Waals surface area (Å²) in [7, 11) is 0. The Bertz CT molecular complexity index is 772. The van der Waals surface area contributed by atoms with E-state index < -0.39 is 5.82 Å². The molecule has 0 saturated heterocycles. The topological polar surface area (TPSA) is 30.2 Å². The van der Waals surface area contributed by atoms with Gasteiger partial charge in [0.15, 0.2) is 17.7 Å². The van der Waals surface area contributed by atoms with E-state index in [0.29, 0.717) is 22.3 Å². The highest BCUT2D eigenvalue weighted by Gasteiger charge is 2.12. The molecule has 1 heterocycles. The third-order valence-corrected chi connectivity index (χ3v) is 3.10. The molecule has 94 valence electrons. The predicted octanol–water partition coefficient (Wildman–Crippen LogP) is 4.36. The Kier molecular flexibility index (Phi) is 2.67. The highest BCUT2D eigenvalue weighted by molar-refractivity contribution is 5.90. The van der Waals surface area contributed by atoms with Crippen molar-refractivity contribution in [3.63, 3.8) is 0 Å². The van der Waals surface area contributed by atoms with Crippen molar-refractivity contribution in [3.05, 3.63) is 59.4 Å². The Morgan fingerprint density at radius 1 is 1.16 bits per heavy atom. The highest BCUT2D eigenvalue weighted by atomic mass is 19.1. The van der Waals surface area contributed by atoms with Crippen molar-refractivity contribution in [3.8, 4) is 11.3 Å². The maximum Gasteiger partial charge on any atom is 0.170 e. The van der Waals surface area contributed by atoms with E-state index in [2.05, 4.69) is 0 Å². The standard InChI is InChI=1S/C16H11FO2/c1-10-5-6-12(9-18)13(7-10)15-8-11-3-2-4-14(17)16(11)19-15/h2-9H,1H3. The lowest BCUT2D eigenvalue weighted by atomic mass is 10.0. The van der Waals surface area contributed by atoms with E-state index in [1.807, 2.05) is 19.1 Å². The van der Waals surface area contributed by atoms with Gasteiger partial charge in [-0.3, -0.25) is 4.79 Å². The molecule has 2 nitrogen and oxygen atoms in total. The van der Waals surface area contributed by atoms with E-state index in [-0.39, 0.29) is 5.58 Å². The van der Waals surface area contributed by atoms with Gasteiger partial charge in [0.25, 0.3) is 0 Å². The summed E-state index contributed by atoms with van der Waals surface area (Å²) in [6.07, 6.45) is 0.776. The Morgan fingerprint density at radius 2 is 2.00 bits per heavy atom. The fourth-order valence-corrected chi connectivity index (χ4v) is 2.15. The van der Waals surface area contributed by atoms with Crippen LogP contribution in [0.25, 0.3) is 22.3 Å². The number of halogens is 1. The first kappa shape index (κ1) is 11.7. The summed E-state index contributed by atoms with van der Waals surface area (Å²) in [5.74, 6) is 0.106. The van der Waals surface area contributed by atoms with E-state index >= 15 is 0 Å². The van der Waals surface area contributed by atoms with Gasteiger partial charge in [-0.2, -0.15) is 0 Å². The molecule has 0 aliphatic heterocycles. The Morgan fingerprint density at radius 3 is 2.74 bits per heavy atom. The van der Waals surface area contributed by atoms with Gasteiger partial charge in [0, 0.05) is 16.5 Å². The Balaban J connectivity index is 2.27. The molecule has 0 aliphatic rings. The zero-order valence-corrected chi connectivity index (χ0v) is 10.3. The molecule has 0 atom stereocenters. The molecule has 0 amide bonds. The molecule has 0 N–H and O–H groups in total. The number of carbonyl (C=O) groups is 1. The largest absolute Gasteiger partial charge is 0.453 e. The summed E-state index contributed by atoms with van der Waals surface area (Å²) >= 11 is 0. The van der Waals surface area contributed by atoms with Gasteiger partial charge >= 0.3 is 0 Å². The second-order valence-electron chi connectivity index (χ2n) is 4.48. The second kappa shape index (κ2) is 4.35. The minimum absolute atomic E-state index is 0.218. The van der Waals surface area contributed by atoms with Gasteiger partial charge in [-0.05, 0) is 25.1 Å². The zero-order valence-electron chi connectivity index (χ0n) is 10.3. The van der Waals surface area contributed by atoms with Crippen molar-refractivity contribution in [1.29, 1.82) is 0 Å². The maximum absolute atomic E-state index is 13.6. The summed E-state index contributed by atoms with van der Waals surface area (Å²) in [4.78, 5) is 11.1. The van der Waals surface area contributed by atoms with E-state index in [4.69, 9.17) is 4.42 Å². The van der Waals surface area contributed by atoms with Crippen molar-refractivity contribution < 1.29 is 13.6 Å². The molecule has 3 rings (SSSR count). The first-order valence-corrected chi connectivity index (χ1v) is 5.93. The van der Waals surface area contributed by atoms with E-state index in [1.165, 1.54) is 6.07 Å². The fraction of sp³-hybridized carbons (Fsp3) is 0.0625. The molecule has 3 aromatic rings. The average Bonchev–Trinajstić information content (AvgIpc) is 2.84. The van der Waals surface area contributed by atoms with E-state index in [1.54, 1.807) is 24.3 Å². The van der Waals surface area contributed by atoms with Gasteiger partial charge in [-0.15, -0.1) is 0 Å². The van der Waals surface area contributed by atoms with E-state index in [9.17, 15) is 9.18 Å². The number of aryl methyl sites for hydroxylation is 1. The van der Waals surface area contributed by atoms with Gasteiger partial charge in [0.1, 0.15) is 5.76 Å². The van der Waals surface area contributed by atoms with Crippen LogP contribution in [0, 0.1) is 12.7 Å². The van der Waals surface area contributed by atoms with Crippen LogP contribution in [-0.2, 0) is 0 Å². The summed E-state index contributed by atoms with van der Waals surface area (Å²) in [5.41, 5.74) is 2.45. The monoisotopic (exact) mass is 254 g/mol. The number of aldehydes is 1.